The van der Waals surface area contributed by atoms with Gasteiger partial charge in [-0.3, -0.25) is 9.59 Å². The molecule has 0 spiro atoms. The molecule has 2 aromatic carbocycles. The zero-order chi connectivity index (χ0) is 19.0. The Morgan fingerprint density at radius 3 is 2.04 bits per heavy atom. The molecule has 0 saturated carbocycles. The van der Waals surface area contributed by atoms with Crippen LogP contribution in [0.5, 0.6) is 0 Å². The maximum Gasteiger partial charge on any atom is 0.259 e. The lowest BCUT2D eigenvalue weighted by Crippen LogP contribution is -2.12. The van der Waals surface area contributed by atoms with Gasteiger partial charge in [0.1, 0.15) is 9.71 Å². The topological polar surface area (TPSA) is 96.2 Å². The van der Waals surface area contributed by atoms with E-state index in [1.165, 1.54) is 0 Å². The zero-order valence-corrected chi connectivity index (χ0v) is 15.0. The summed E-state index contributed by atoms with van der Waals surface area (Å²) < 4.78 is 0. The Labute approximate surface area is 158 Å². The van der Waals surface area contributed by atoms with Crippen LogP contribution in [-0.2, 0) is 6.61 Å². The number of fused-ring (bicyclic) bond motifs is 1. The Hall–Kier alpha value is -3.22. The minimum absolute atomic E-state index is 0.311. The number of aromatic amines is 1. The number of aliphatic hydroxyl groups excluding tert-OH is 1. The van der Waals surface area contributed by atoms with E-state index in [2.05, 4.69) is 4.98 Å². The Bertz CT molecular complexity index is 1200. The number of benzene rings is 2. The second-order valence-electron chi connectivity index (χ2n) is 6.07. The second-order valence-corrected chi connectivity index (χ2v) is 7.09. The van der Waals surface area contributed by atoms with Crippen LogP contribution in [0.1, 0.15) is 15.2 Å². The van der Waals surface area contributed by atoms with Crippen molar-refractivity contribution in [1.82, 2.24) is 4.98 Å². The lowest BCUT2D eigenvalue weighted by atomic mass is 9.94. The van der Waals surface area contributed by atoms with Crippen LogP contribution in [0.15, 0.2) is 65.5 Å². The number of amides is 1. The van der Waals surface area contributed by atoms with Crippen LogP contribution in [0.3, 0.4) is 0 Å². The maximum atomic E-state index is 12.8. The highest BCUT2D eigenvalue weighted by Crippen LogP contribution is 2.41. The molecule has 4 N–H and O–H groups in total. The monoisotopic (exact) mass is 376 g/mol. The van der Waals surface area contributed by atoms with E-state index in [1.54, 1.807) is 0 Å². The van der Waals surface area contributed by atoms with Crippen LogP contribution in [0.25, 0.3) is 32.5 Å². The van der Waals surface area contributed by atoms with Crippen molar-refractivity contribution in [2.75, 3.05) is 0 Å². The molecule has 27 heavy (non-hydrogen) atoms. The molecule has 4 rings (SSSR count). The first kappa shape index (κ1) is 17.2. The van der Waals surface area contributed by atoms with Gasteiger partial charge >= 0.3 is 0 Å². The summed E-state index contributed by atoms with van der Waals surface area (Å²) in [5, 5.41) is 10.8. The maximum absolute atomic E-state index is 12.8. The summed E-state index contributed by atoms with van der Waals surface area (Å²) >= 11 is 1.13. The van der Waals surface area contributed by atoms with Crippen molar-refractivity contribution in [3.8, 4) is 22.3 Å². The van der Waals surface area contributed by atoms with Gasteiger partial charge in [0.2, 0.25) is 0 Å². The molecule has 0 saturated heterocycles. The first-order valence-electron chi connectivity index (χ1n) is 8.35. The normalized spacial score (nSPS) is 11.0. The Morgan fingerprint density at radius 2 is 1.52 bits per heavy atom. The number of aliphatic hydroxyl groups is 1. The largest absolute Gasteiger partial charge is 0.392 e. The molecule has 0 unspecified atom stereocenters. The number of nitrogens with one attached hydrogen (secondary N) is 1. The number of hydrogen-bond acceptors (Lipinski definition) is 4. The lowest BCUT2D eigenvalue weighted by molar-refractivity contribution is 0.100. The van der Waals surface area contributed by atoms with Crippen molar-refractivity contribution in [3.05, 3.63) is 81.5 Å². The van der Waals surface area contributed by atoms with E-state index in [9.17, 15) is 14.7 Å². The molecular formula is C21H16N2O3S. The molecule has 0 aliphatic heterocycles. The molecule has 0 aliphatic rings. The standard InChI is InChI=1S/C21H16N2O3S/c22-19(25)18-16(13-9-5-2-6-10-13)17-14(11-24)15(12-7-3-1-4-8-12)20(26)23-21(17)27-18/h1-10,24H,11H2,(H2,22,25)(H,23,26). The molecule has 5 nitrogen and oxygen atoms in total. The number of rotatable bonds is 4. The van der Waals surface area contributed by atoms with E-state index in [0.29, 0.717) is 37.3 Å². The molecule has 4 aromatic rings. The van der Waals surface area contributed by atoms with Gasteiger partial charge in [0.05, 0.1) is 12.2 Å². The number of nitrogens with two attached hydrogens (primary N) is 1. The van der Waals surface area contributed by atoms with Crippen molar-refractivity contribution in [2.24, 2.45) is 5.73 Å². The van der Waals surface area contributed by atoms with E-state index in [4.69, 9.17) is 5.73 Å². The Balaban J connectivity index is 2.17. The predicted octanol–water partition coefficient (Wildman–Crippen LogP) is 3.51. The number of primary amides is 1. The number of hydrogen-bond donors (Lipinski definition) is 3. The van der Waals surface area contributed by atoms with Crippen LogP contribution in [0.2, 0.25) is 0 Å². The minimum atomic E-state index is -0.568. The quantitative estimate of drug-likeness (QED) is 0.508. The number of aromatic nitrogens is 1. The zero-order valence-electron chi connectivity index (χ0n) is 14.2. The van der Waals surface area contributed by atoms with E-state index in [0.717, 1.165) is 16.9 Å². The van der Waals surface area contributed by atoms with Gasteiger partial charge in [0.25, 0.3) is 11.5 Å². The summed E-state index contributed by atoms with van der Waals surface area (Å²) in [6.07, 6.45) is 0. The highest BCUT2D eigenvalue weighted by Gasteiger charge is 2.24. The number of pyridine rings is 1. The minimum Gasteiger partial charge on any atom is -0.392 e. The predicted molar refractivity (Wildman–Crippen MR) is 108 cm³/mol. The molecule has 1 amide bonds. The van der Waals surface area contributed by atoms with E-state index in [1.807, 2.05) is 60.7 Å². The van der Waals surface area contributed by atoms with Crippen LogP contribution in [-0.4, -0.2) is 16.0 Å². The smallest absolute Gasteiger partial charge is 0.259 e. The molecule has 0 atom stereocenters. The third-order valence-electron chi connectivity index (χ3n) is 4.47. The molecule has 0 radical (unpaired) electrons. The number of carbonyl (C=O) groups is 1. The molecule has 2 heterocycles. The summed E-state index contributed by atoms with van der Waals surface area (Å²) in [4.78, 5) is 28.6. The molecule has 0 bridgehead atoms. The van der Waals surface area contributed by atoms with Gasteiger partial charge < -0.3 is 15.8 Å². The highest BCUT2D eigenvalue weighted by molar-refractivity contribution is 7.21. The van der Waals surface area contributed by atoms with Gasteiger partial charge in [0.15, 0.2) is 0 Å². The summed E-state index contributed by atoms with van der Waals surface area (Å²) in [6.45, 7) is -0.334. The average molecular weight is 376 g/mol. The van der Waals surface area contributed by atoms with Crippen molar-refractivity contribution in [3.63, 3.8) is 0 Å². The first-order chi connectivity index (χ1) is 13.1. The van der Waals surface area contributed by atoms with Crippen molar-refractivity contribution in [2.45, 2.75) is 6.61 Å². The number of thiophene rings is 1. The Morgan fingerprint density at radius 1 is 0.963 bits per heavy atom. The van der Waals surface area contributed by atoms with Crippen LogP contribution in [0, 0.1) is 0 Å². The summed E-state index contributed by atoms with van der Waals surface area (Å²) in [5.74, 6) is -0.568. The Kier molecular flexibility index (Phi) is 4.35. The van der Waals surface area contributed by atoms with E-state index >= 15 is 0 Å². The van der Waals surface area contributed by atoms with Crippen molar-refractivity contribution >= 4 is 27.5 Å². The van der Waals surface area contributed by atoms with Gasteiger partial charge in [-0.05, 0) is 11.1 Å². The molecule has 2 aromatic heterocycles. The van der Waals surface area contributed by atoms with Gasteiger partial charge in [-0.1, -0.05) is 60.7 Å². The fraction of sp³-hybridized carbons (Fsp3) is 0.0476. The van der Waals surface area contributed by atoms with Crippen molar-refractivity contribution in [1.29, 1.82) is 0 Å². The number of carbonyl (C=O) groups excluding carboxylic acids is 1. The van der Waals surface area contributed by atoms with Gasteiger partial charge in [-0.25, -0.2) is 0 Å². The highest BCUT2D eigenvalue weighted by atomic mass is 32.1. The van der Waals surface area contributed by atoms with E-state index in [-0.39, 0.29) is 12.2 Å². The summed E-state index contributed by atoms with van der Waals surface area (Å²) in [7, 11) is 0. The third kappa shape index (κ3) is 2.85. The average Bonchev–Trinajstić information content (AvgIpc) is 3.07. The lowest BCUT2D eigenvalue weighted by Gasteiger charge is -2.11. The molecule has 0 fully saturated rings. The molecular weight excluding hydrogens is 360 g/mol. The molecule has 6 heteroatoms. The number of H-pyrrole nitrogens is 1. The second kappa shape index (κ2) is 6.83. The van der Waals surface area contributed by atoms with Crippen LogP contribution < -0.4 is 11.3 Å². The summed E-state index contributed by atoms with van der Waals surface area (Å²) in [6, 6.07) is 18.5. The van der Waals surface area contributed by atoms with Crippen molar-refractivity contribution < 1.29 is 9.90 Å². The SMILES string of the molecule is NC(=O)c1sc2[nH]c(=O)c(-c3ccccc3)c(CO)c2c1-c1ccccc1. The van der Waals surface area contributed by atoms with Gasteiger partial charge in [0, 0.05) is 16.5 Å². The fourth-order valence-electron chi connectivity index (χ4n) is 3.36. The summed E-state index contributed by atoms with van der Waals surface area (Å²) in [5.41, 5.74) is 8.34. The molecule has 0 aliphatic carbocycles. The van der Waals surface area contributed by atoms with Crippen LogP contribution in [0.4, 0.5) is 0 Å². The molecule has 134 valence electrons. The van der Waals surface area contributed by atoms with Gasteiger partial charge in [-0.2, -0.15) is 0 Å². The first-order valence-corrected chi connectivity index (χ1v) is 9.16. The third-order valence-corrected chi connectivity index (χ3v) is 5.59. The van der Waals surface area contributed by atoms with Gasteiger partial charge in [-0.15, -0.1) is 11.3 Å². The fourth-order valence-corrected chi connectivity index (χ4v) is 4.45. The van der Waals surface area contributed by atoms with E-state index < -0.39 is 5.91 Å². The van der Waals surface area contributed by atoms with Crippen LogP contribution >= 0.6 is 11.3 Å².